The van der Waals surface area contributed by atoms with Crippen molar-refractivity contribution in [3.63, 3.8) is 0 Å². The first-order valence-electron chi connectivity index (χ1n) is 6.79. The van der Waals surface area contributed by atoms with Crippen LogP contribution in [0, 0.1) is 0 Å². The maximum absolute atomic E-state index is 12.1. The Labute approximate surface area is 117 Å². The van der Waals surface area contributed by atoms with Crippen molar-refractivity contribution in [2.45, 2.75) is 0 Å². The van der Waals surface area contributed by atoms with Gasteiger partial charge in [0.2, 0.25) is 0 Å². The number of ether oxygens (including phenoxy) is 1. The molecule has 1 amide bonds. The van der Waals surface area contributed by atoms with Crippen LogP contribution in [0.4, 0.5) is 0 Å². The second-order valence-corrected chi connectivity index (χ2v) is 4.75. The summed E-state index contributed by atoms with van der Waals surface area (Å²) >= 11 is 0. The van der Waals surface area contributed by atoms with Gasteiger partial charge >= 0.3 is 0 Å². The number of carbonyl (C=O) groups excluding carboxylic acids is 1. The zero-order valence-corrected chi connectivity index (χ0v) is 11.2. The number of para-hydroxylation sites is 1. The monoisotopic (exact) mass is 271 g/mol. The van der Waals surface area contributed by atoms with Crippen LogP contribution in [-0.4, -0.2) is 48.6 Å². The highest BCUT2D eigenvalue weighted by atomic mass is 16.5. The minimum absolute atomic E-state index is 0.0273. The Hall–Kier alpha value is -2.14. The summed E-state index contributed by atoms with van der Waals surface area (Å²) in [7, 11) is 0. The third-order valence-corrected chi connectivity index (χ3v) is 3.42. The highest BCUT2D eigenvalue weighted by Crippen LogP contribution is 2.22. The molecular formula is C15H17N3O2. The molecule has 5 heteroatoms. The lowest BCUT2D eigenvalue weighted by Crippen LogP contribution is -2.47. The first kappa shape index (κ1) is 12.9. The van der Waals surface area contributed by atoms with Crippen molar-refractivity contribution in [1.82, 2.24) is 15.2 Å². The number of nitrogens with zero attached hydrogens (tertiary/aromatic N) is 2. The molecule has 20 heavy (non-hydrogen) atoms. The van der Waals surface area contributed by atoms with Gasteiger partial charge in [-0.2, -0.15) is 0 Å². The summed E-state index contributed by atoms with van der Waals surface area (Å²) in [5, 5.41) is 4.24. The quantitative estimate of drug-likeness (QED) is 0.906. The molecule has 0 aliphatic carbocycles. The summed E-state index contributed by atoms with van der Waals surface area (Å²) in [6.45, 7) is 3.25. The van der Waals surface area contributed by atoms with Crippen LogP contribution in [-0.2, 0) is 4.79 Å². The number of amides is 1. The summed E-state index contributed by atoms with van der Waals surface area (Å²) in [6.07, 6.45) is 1.73. The van der Waals surface area contributed by atoms with Gasteiger partial charge in [0.1, 0.15) is 11.3 Å². The van der Waals surface area contributed by atoms with E-state index < -0.39 is 0 Å². The standard InChI is InChI=1S/C15H17N3O2/c19-14(18-9-7-16-8-10-18)11-20-13-5-1-3-12-4-2-6-17-15(12)13/h1-6,16H,7-11H2. The molecule has 5 nitrogen and oxygen atoms in total. The third-order valence-electron chi connectivity index (χ3n) is 3.42. The molecule has 1 saturated heterocycles. The smallest absolute Gasteiger partial charge is 0.260 e. The van der Waals surface area contributed by atoms with Gasteiger partial charge in [-0.05, 0) is 12.1 Å². The number of hydrogen-bond acceptors (Lipinski definition) is 4. The van der Waals surface area contributed by atoms with E-state index in [1.165, 1.54) is 0 Å². The number of fused-ring (bicyclic) bond motifs is 1. The van der Waals surface area contributed by atoms with Gasteiger partial charge in [-0.15, -0.1) is 0 Å². The van der Waals surface area contributed by atoms with Crippen LogP contribution in [0.3, 0.4) is 0 Å². The fraction of sp³-hybridized carbons (Fsp3) is 0.333. The van der Waals surface area contributed by atoms with Gasteiger partial charge in [-0.1, -0.05) is 18.2 Å². The maximum atomic E-state index is 12.1. The lowest BCUT2D eigenvalue weighted by atomic mass is 10.2. The third kappa shape index (κ3) is 2.72. The second kappa shape index (κ2) is 5.88. The van der Waals surface area contributed by atoms with Gasteiger partial charge in [0.05, 0.1) is 0 Å². The minimum Gasteiger partial charge on any atom is -0.481 e. The van der Waals surface area contributed by atoms with Gasteiger partial charge in [-0.3, -0.25) is 9.78 Å². The highest BCUT2D eigenvalue weighted by molar-refractivity contribution is 5.85. The van der Waals surface area contributed by atoms with Crippen LogP contribution >= 0.6 is 0 Å². The molecular weight excluding hydrogens is 254 g/mol. The van der Waals surface area contributed by atoms with E-state index in [-0.39, 0.29) is 12.5 Å². The van der Waals surface area contributed by atoms with Crippen molar-refractivity contribution in [2.24, 2.45) is 0 Å². The zero-order valence-electron chi connectivity index (χ0n) is 11.2. The normalized spacial score (nSPS) is 15.3. The summed E-state index contributed by atoms with van der Waals surface area (Å²) in [4.78, 5) is 18.2. The first-order chi connectivity index (χ1) is 9.84. The Morgan fingerprint density at radius 2 is 2.05 bits per heavy atom. The van der Waals surface area contributed by atoms with Gasteiger partial charge in [-0.25, -0.2) is 0 Å². The second-order valence-electron chi connectivity index (χ2n) is 4.75. The molecule has 0 radical (unpaired) electrons. The van der Waals surface area contributed by atoms with Gasteiger partial charge in [0, 0.05) is 37.8 Å². The van der Waals surface area contributed by atoms with Crippen molar-refractivity contribution in [2.75, 3.05) is 32.8 Å². The van der Waals surface area contributed by atoms with E-state index in [9.17, 15) is 4.79 Å². The molecule has 1 aliphatic rings. The molecule has 0 atom stereocenters. The van der Waals surface area contributed by atoms with Gasteiger partial charge in [0.15, 0.2) is 6.61 Å². The SMILES string of the molecule is O=C(COc1cccc2cccnc12)N1CCNCC1. The summed E-state index contributed by atoms with van der Waals surface area (Å²) < 4.78 is 5.66. The van der Waals surface area contributed by atoms with Crippen molar-refractivity contribution in [3.8, 4) is 5.75 Å². The zero-order chi connectivity index (χ0) is 13.8. The highest BCUT2D eigenvalue weighted by Gasteiger charge is 2.16. The molecule has 1 N–H and O–H groups in total. The van der Waals surface area contributed by atoms with E-state index in [0.29, 0.717) is 5.75 Å². The molecule has 0 spiro atoms. The maximum Gasteiger partial charge on any atom is 0.260 e. The Balaban J connectivity index is 1.69. The Bertz CT molecular complexity index is 604. The molecule has 2 aromatic rings. The molecule has 104 valence electrons. The number of rotatable bonds is 3. The average Bonchev–Trinajstić information content (AvgIpc) is 2.53. The van der Waals surface area contributed by atoms with Crippen molar-refractivity contribution in [1.29, 1.82) is 0 Å². The predicted molar refractivity (Wildman–Crippen MR) is 76.7 cm³/mol. The Morgan fingerprint density at radius 3 is 2.90 bits per heavy atom. The Kier molecular flexibility index (Phi) is 3.78. The molecule has 2 heterocycles. The van der Waals surface area contributed by atoms with E-state index in [1.807, 2.05) is 35.2 Å². The molecule has 0 bridgehead atoms. The molecule has 1 aliphatic heterocycles. The summed E-state index contributed by atoms with van der Waals surface area (Å²) in [6, 6.07) is 9.60. The first-order valence-corrected chi connectivity index (χ1v) is 6.79. The number of pyridine rings is 1. The van der Waals surface area contributed by atoms with E-state index in [1.54, 1.807) is 6.20 Å². The number of aromatic nitrogens is 1. The fourth-order valence-electron chi connectivity index (χ4n) is 2.34. The number of piperazine rings is 1. The van der Waals surface area contributed by atoms with Crippen molar-refractivity contribution < 1.29 is 9.53 Å². The lowest BCUT2D eigenvalue weighted by molar-refractivity contribution is -0.133. The van der Waals surface area contributed by atoms with Crippen molar-refractivity contribution in [3.05, 3.63) is 36.5 Å². The van der Waals surface area contributed by atoms with Crippen LogP contribution in [0.1, 0.15) is 0 Å². The molecule has 0 saturated carbocycles. The van der Waals surface area contributed by atoms with Crippen LogP contribution in [0.2, 0.25) is 0 Å². The van der Waals surface area contributed by atoms with Crippen LogP contribution in [0.5, 0.6) is 5.75 Å². The molecule has 1 aromatic carbocycles. The van der Waals surface area contributed by atoms with Crippen LogP contribution < -0.4 is 10.1 Å². The van der Waals surface area contributed by atoms with E-state index >= 15 is 0 Å². The molecule has 1 fully saturated rings. The molecule has 3 rings (SSSR count). The lowest BCUT2D eigenvalue weighted by Gasteiger charge is -2.27. The Morgan fingerprint density at radius 1 is 1.25 bits per heavy atom. The van der Waals surface area contributed by atoms with E-state index in [2.05, 4.69) is 10.3 Å². The molecule has 1 aromatic heterocycles. The average molecular weight is 271 g/mol. The van der Waals surface area contributed by atoms with Gasteiger partial charge in [0.25, 0.3) is 5.91 Å². The number of nitrogens with one attached hydrogen (secondary N) is 1. The predicted octanol–water partition coefficient (Wildman–Crippen LogP) is 1.05. The van der Waals surface area contributed by atoms with E-state index in [0.717, 1.165) is 37.1 Å². The largest absolute Gasteiger partial charge is 0.481 e. The summed E-state index contributed by atoms with van der Waals surface area (Å²) in [5.41, 5.74) is 0.795. The molecule has 0 unspecified atom stereocenters. The number of carbonyl (C=O) groups is 1. The van der Waals surface area contributed by atoms with Crippen LogP contribution in [0.25, 0.3) is 10.9 Å². The minimum atomic E-state index is 0.0273. The number of hydrogen-bond donors (Lipinski definition) is 1. The van der Waals surface area contributed by atoms with Crippen molar-refractivity contribution >= 4 is 16.8 Å². The van der Waals surface area contributed by atoms with Crippen LogP contribution in [0.15, 0.2) is 36.5 Å². The van der Waals surface area contributed by atoms with Gasteiger partial charge < -0.3 is 15.0 Å². The fourth-order valence-corrected chi connectivity index (χ4v) is 2.34. The summed E-state index contributed by atoms with van der Waals surface area (Å²) in [5.74, 6) is 0.686. The van der Waals surface area contributed by atoms with E-state index in [4.69, 9.17) is 4.74 Å². The topological polar surface area (TPSA) is 54.5 Å². The number of benzene rings is 1.